The molecule has 1 aromatic heterocycles. The monoisotopic (exact) mass is 584 g/mol. The molecule has 1 atom stereocenters. The van der Waals surface area contributed by atoms with E-state index >= 15 is 0 Å². The smallest absolute Gasteiger partial charge is 0.308 e. The number of sulfonamides is 1. The number of rotatable bonds is 8. The van der Waals surface area contributed by atoms with Crippen LogP contribution < -0.4 is 5.32 Å². The van der Waals surface area contributed by atoms with Crippen LogP contribution in [-0.4, -0.2) is 47.7 Å². The highest BCUT2D eigenvalue weighted by molar-refractivity contribution is 7.89. The average Bonchev–Trinajstić information content (AvgIpc) is 3.33. The van der Waals surface area contributed by atoms with E-state index in [1.165, 1.54) is 34.6 Å². The average molecular weight is 585 g/mol. The molecule has 11 nitrogen and oxygen atoms in total. The Morgan fingerprint density at radius 1 is 1.15 bits per heavy atom. The minimum atomic E-state index is -4.08. The predicted molar refractivity (Wildman–Crippen MR) is 144 cm³/mol. The number of thiazole rings is 1. The van der Waals surface area contributed by atoms with Crippen molar-refractivity contribution in [1.82, 2.24) is 9.29 Å². The number of ether oxygens (including phenoxy) is 1. The van der Waals surface area contributed by atoms with Crippen LogP contribution in [0.1, 0.15) is 23.6 Å². The molecule has 40 heavy (non-hydrogen) atoms. The van der Waals surface area contributed by atoms with Crippen LogP contribution in [0.2, 0.25) is 0 Å². The van der Waals surface area contributed by atoms with Gasteiger partial charge < -0.3 is 4.74 Å². The first-order valence-electron chi connectivity index (χ1n) is 12.0. The normalized spacial score (nSPS) is 15.4. The van der Waals surface area contributed by atoms with Crippen LogP contribution >= 0.6 is 11.3 Å². The lowest BCUT2D eigenvalue weighted by Crippen LogP contribution is -2.41. The van der Waals surface area contributed by atoms with Crippen molar-refractivity contribution in [2.45, 2.75) is 23.8 Å². The molecule has 4 aromatic rings. The first-order chi connectivity index (χ1) is 19.1. The van der Waals surface area contributed by atoms with Gasteiger partial charge >= 0.3 is 5.97 Å². The molecular formula is C26H21FN4O7S2. The SMILES string of the molecule is O=C(COC(=O)CC1c2ccccc2CCN1S(=O)(=O)c1ccc(F)cc1)Nc1nc2ccc([N+](=O)[O-])cc2s1. The molecule has 0 saturated heterocycles. The van der Waals surface area contributed by atoms with Crippen molar-refractivity contribution in [1.29, 1.82) is 0 Å². The molecule has 0 fully saturated rings. The molecule has 1 N–H and O–H groups in total. The number of hydrogen-bond acceptors (Lipinski definition) is 9. The summed E-state index contributed by atoms with van der Waals surface area (Å²) in [6.07, 6.45) is 0.0748. The summed E-state index contributed by atoms with van der Waals surface area (Å²) in [5, 5.41) is 13.6. The van der Waals surface area contributed by atoms with E-state index in [0.717, 1.165) is 29.0 Å². The molecular weight excluding hydrogens is 563 g/mol. The highest BCUT2D eigenvalue weighted by atomic mass is 32.2. The van der Waals surface area contributed by atoms with Crippen molar-refractivity contribution < 1.29 is 32.1 Å². The Morgan fingerprint density at radius 2 is 1.90 bits per heavy atom. The number of nitro groups is 1. The van der Waals surface area contributed by atoms with E-state index < -0.39 is 45.3 Å². The molecule has 1 amide bonds. The van der Waals surface area contributed by atoms with Crippen molar-refractivity contribution in [2.24, 2.45) is 0 Å². The van der Waals surface area contributed by atoms with Gasteiger partial charge in [-0.3, -0.25) is 25.0 Å². The van der Waals surface area contributed by atoms with Crippen LogP contribution in [0.25, 0.3) is 10.2 Å². The van der Waals surface area contributed by atoms with E-state index in [2.05, 4.69) is 10.3 Å². The van der Waals surface area contributed by atoms with Gasteiger partial charge in [-0.2, -0.15) is 4.31 Å². The van der Waals surface area contributed by atoms with Crippen molar-refractivity contribution >= 4 is 54.3 Å². The number of fused-ring (bicyclic) bond motifs is 2. The number of aromatic nitrogens is 1. The summed E-state index contributed by atoms with van der Waals surface area (Å²) in [5.41, 5.74) is 1.88. The molecule has 0 spiro atoms. The Labute approximate surface area is 231 Å². The second-order valence-electron chi connectivity index (χ2n) is 8.88. The van der Waals surface area contributed by atoms with Crippen molar-refractivity contribution in [3.63, 3.8) is 0 Å². The fraction of sp³-hybridized carbons (Fsp3) is 0.192. The number of non-ortho nitro benzene ring substituents is 1. The van der Waals surface area contributed by atoms with Crippen LogP contribution in [0.4, 0.5) is 15.2 Å². The van der Waals surface area contributed by atoms with Crippen LogP contribution in [0.15, 0.2) is 71.6 Å². The van der Waals surface area contributed by atoms with E-state index in [1.807, 2.05) is 12.1 Å². The number of benzene rings is 3. The summed E-state index contributed by atoms with van der Waals surface area (Å²) in [5.74, 6) is -2.05. The molecule has 0 saturated carbocycles. The largest absolute Gasteiger partial charge is 0.456 e. The number of hydrogen-bond donors (Lipinski definition) is 1. The van der Waals surface area contributed by atoms with Gasteiger partial charge in [-0.05, 0) is 47.9 Å². The number of nitrogens with one attached hydrogen (secondary N) is 1. The number of nitro benzene ring substituents is 1. The Hall–Kier alpha value is -4.27. The first kappa shape index (κ1) is 27.3. The fourth-order valence-electron chi connectivity index (χ4n) is 4.47. The van der Waals surface area contributed by atoms with Gasteiger partial charge in [-0.25, -0.2) is 17.8 Å². The molecule has 1 aliphatic heterocycles. The van der Waals surface area contributed by atoms with Gasteiger partial charge in [0.2, 0.25) is 10.0 Å². The maximum absolute atomic E-state index is 13.4. The zero-order valence-corrected chi connectivity index (χ0v) is 22.3. The van der Waals surface area contributed by atoms with Crippen LogP contribution in [0.3, 0.4) is 0 Å². The van der Waals surface area contributed by atoms with Gasteiger partial charge in [0.1, 0.15) is 5.82 Å². The lowest BCUT2D eigenvalue weighted by molar-refractivity contribution is -0.384. The zero-order chi connectivity index (χ0) is 28.4. The number of amides is 1. The van der Waals surface area contributed by atoms with Crippen LogP contribution in [0.5, 0.6) is 0 Å². The summed E-state index contributed by atoms with van der Waals surface area (Å²) in [4.78, 5) is 39.8. The summed E-state index contributed by atoms with van der Waals surface area (Å²) in [7, 11) is -4.08. The lowest BCUT2D eigenvalue weighted by Gasteiger charge is -2.36. The Morgan fingerprint density at radius 3 is 2.65 bits per heavy atom. The molecule has 0 aliphatic carbocycles. The highest BCUT2D eigenvalue weighted by Gasteiger charge is 2.38. The third kappa shape index (κ3) is 5.68. The number of carbonyl (C=O) groups is 2. The molecule has 2 heterocycles. The fourth-order valence-corrected chi connectivity index (χ4v) is 6.99. The van der Waals surface area contributed by atoms with Crippen molar-refractivity contribution in [3.05, 3.63) is 93.8 Å². The molecule has 0 radical (unpaired) electrons. The number of esters is 1. The number of carbonyl (C=O) groups excluding carboxylic acids is 2. The minimum absolute atomic E-state index is 0.102. The molecule has 0 bridgehead atoms. The standard InChI is InChI=1S/C26H21FN4O7S2/c27-17-5-8-19(9-6-17)40(36,37)30-12-11-16-3-1-2-4-20(16)22(30)14-25(33)38-15-24(32)29-26-28-21-10-7-18(31(34)35)13-23(21)39-26/h1-10,13,22H,11-12,14-15H2,(H,28,29,32). The summed E-state index contributed by atoms with van der Waals surface area (Å²) in [6, 6.07) is 14.8. The van der Waals surface area contributed by atoms with Crippen LogP contribution in [-0.2, 0) is 30.8 Å². The third-order valence-electron chi connectivity index (χ3n) is 6.34. The van der Waals surface area contributed by atoms with E-state index in [-0.39, 0.29) is 28.7 Å². The van der Waals surface area contributed by atoms with Gasteiger partial charge in [0.25, 0.3) is 11.6 Å². The van der Waals surface area contributed by atoms with E-state index in [9.17, 15) is 32.5 Å². The quantitative estimate of drug-likeness (QED) is 0.184. The van der Waals surface area contributed by atoms with E-state index in [0.29, 0.717) is 22.2 Å². The maximum Gasteiger partial charge on any atom is 0.308 e. The summed E-state index contributed by atoms with van der Waals surface area (Å²) < 4.78 is 47.2. The van der Waals surface area contributed by atoms with E-state index in [1.54, 1.807) is 12.1 Å². The Balaban J connectivity index is 1.28. The maximum atomic E-state index is 13.4. The van der Waals surface area contributed by atoms with Gasteiger partial charge in [0.05, 0.1) is 32.5 Å². The predicted octanol–water partition coefficient (Wildman–Crippen LogP) is 4.20. The van der Waals surface area contributed by atoms with Crippen molar-refractivity contribution in [3.8, 4) is 0 Å². The number of anilines is 1. The molecule has 14 heteroatoms. The van der Waals surface area contributed by atoms with Gasteiger partial charge in [-0.15, -0.1) is 0 Å². The van der Waals surface area contributed by atoms with Gasteiger partial charge in [0, 0.05) is 18.7 Å². The molecule has 3 aromatic carbocycles. The minimum Gasteiger partial charge on any atom is -0.456 e. The summed E-state index contributed by atoms with van der Waals surface area (Å²) >= 11 is 1.03. The number of halogens is 1. The molecule has 206 valence electrons. The Bertz CT molecular complexity index is 1720. The summed E-state index contributed by atoms with van der Waals surface area (Å²) in [6.45, 7) is -0.543. The van der Waals surface area contributed by atoms with Gasteiger partial charge in [0.15, 0.2) is 11.7 Å². The third-order valence-corrected chi connectivity index (χ3v) is 9.19. The molecule has 1 unspecified atom stereocenters. The lowest BCUT2D eigenvalue weighted by atomic mass is 9.92. The Kier molecular flexibility index (Phi) is 7.56. The molecule has 1 aliphatic rings. The zero-order valence-electron chi connectivity index (χ0n) is 20.7. The number of nitrogens with zero attached hydrogens (tertiary/aromatic N) is 3. The van der Waals surface area contributed by atoms with Crippen LogP contribution in [0, 0.1) is 15.9 Å². The second-order valence-corrected chi connectivity index (χ2v) is 11.8. The molecule has 5 rings (SSSR count). The van der Waals surface area contributed by atoms with Gasteiger partial charge in [-0.1, -0.05) is 35.6 Å². The highest BCUT2D eigenvalue weighted by Crippen LogP contribution is 2.36. The van der Waals surface area contributed by atoms with E-state index in [4.69, 9.17) is 4.74 Å². The van der Waals surface area contributed by atoms with Crippen molar-refractivity contribution in [2.75, 3.05) is 18.5 Å². The second kappa shape index (κ2) is 11.1. The topological polar surface area (TPSA) is 149 Å². The first-order valence-corrected chi connectivity index (χ1v) is 14.2.